The number of nitrogens with one attached hydrogen (secondary N) is 2. The van der Waals surface area contributed by atoms with Crippen molar-refractivity contribution in [2.75, 3.05) is 0 Å². The minimum Gasteiger partial charge on any atom is -0.478 e. The fourth-order valence-corrected chi connectivity index (χ4v) is 1.71. The molecule has 1 amide bonds. The number of aromatic amines is 1. The van der Waals surface area contributed by atoms with Crippen molar-refractivity contribution in [1.82, 2.24) is 10.3 Å². The van der Waals surface area contributed by atoms with E-state index in [0.717, 1.165) is 0 Å². The van der Waals surface area contributed by atoms with Crippen LogP contribution in [-0.2, 0) is 6.54 Å². The molecule has 2 rings (SSSR count). The van der Waals surface area contributed by atoms with E-state index < -0.39 is 16.8 Å². The van der Waals surface area contributed by atoms with E-state index in [0.29, 0.717) is 5.56 Å². The quantitative estimate of drug-likeness (QED) is 0.568. The molecule has 0 bridgehead atoms. The third kappa shape index (κ3) is 3.44. The summed E-state index contributed by atoms with van der Waals surface area (Å²) in [7, 11) is 0. The van der Waals surface area contributed by atoms with Crippen molar-refractivity contribution in [3.8, 4) is 0 Å². The van der Waals surface area contributed by atoms with Crippen molar-refractivity contribution in [1.29, 1.82) is 0 Å². The molecule has 1 aromatic carbocycles. The zero-order valence-corrected chi connectivity index (χ0v) is 10.7. The lowest BCUT2D eigenvalue weighted by molar-refractivity contribution is -0.389. The third-order valence-corrected chi connectivity index (χ3v) is 2.74. The van der Waals surface area contributed by atoms with Crippen LogP contribution in [0, 0.1) is 10.1 Å². The van der Waals surface area contributed by atoms with Crippen LogP contribution < -0.4 is 5.32 Å². The molecule has 0 atom stereocenters. The van der Waals surface area contributed by atoms with Crippen LogP contribution in [0.1, 0.15) is 26.4 Å². The maximum absolute atomic E-state index is 11.8. The molecule has 3 N–H and O–H groups in total. The van der Waals surface area contributed by atoms with E-state index in [2.05, 4.69) is 10.3 Å². The summed E-state index contributed by atoms with van der Waals surface area (Å²) in [5, 5.41) is 21.9. The van der Waals surface area contributed by atoms with Gasteiger partial charge in [0.2, 0.25) is 0 Å². The molecule has 0 fully saturated rings. The van der Waals surface area contributed by atoms with E-state index in [9.17, 15) is 19.7 Å². The molecule has 1 heterocycles. The molecule has 0 aliphatic heterocycles. The van der Waals surface area contributed by atoms with Crippen LogP contribution in [0.25, 0.3) is 0 Å². The first kappa shape index (κ1) is 14.3. The normalized spacial score (nSPS) is 10.1. The first-order chi connectivity index (χ1) is 9.97. The van der Waals surface area contributed by atoms with Crippen LogP contribution >= 0.6 is 0 Å². The van der Waals surface area contributed by atoms with Crippen LogP contribution in [0.15, 0.2) is 36.4 Å². The average Bonchev–Trinajstić information content (AvgIpc) is 2.95. The molecule has 21 heavy (non-hydrogen) atoms. The van der Waals surface area contributed by atoms with Crippen LogP contribution in [0.5, 0.6) is 0 Å². The van der Waals surface area contributed by atoms with Gasteiger partial charge in [-0.15, -0.1) is 0 Å². The highest BCUT2D eigenvalue weighted by atomic mass is 16.6. The third-order valence-electron chi connectivity index (χ3n) is 2.74. The second-order valence-electron chi connectivity index (χ2n) is 4.20. The van der Waals surface area contributed by atoms with Gasteiger partial charge >= 0.3 is 11.8 Å². The minimum absolute atomic E-state index is 0.0658. The van der Waals surface area contributed by atoms with Gasteiger partial charge in [-0.3, -0.25) is 4.79 Å². The molecule has 0 spiro atoms. The Hall–Kier alpha value is -3.16. The van der Waals surface area contributed by atoms with Crippen LogP contribution in [0.3, 0.4) is 0 Å². The largest absolute Gasteiger partial charge is 0.478 e. The number of carbonyl (C=O) groups excluding carboxylic acids is 1. The smallest absolute Gasteiger partial charge is 0.335 e. The van der Waals surface area contributed by atoms with Gasteiger partial charge in [0.15, 0.2) is 5.69 Å². The van der Waals surface area contributed by atoms with Gasteiger partial charge in [0.25, 0.3) is 5.91 Å². The molecule has 2 aromatic rings. The number of carboxylic acid groups (broad SMARTS) is 1. The van der Waals surface area contributed by atoms with Crippen molar-refractivity contribution in [3.05, 3.63) is 63.3 Å². The summed E-state index contributed by atoms with van der Waals surface area (Å²) in [4.78, 5) is 34.9. The molecule has 0 aliphatic rings. The van der Waals surface area contributed by atoms with Crippen molar-refractivity contribution >= 4 is 17.7 Å². The second kappa shape index (κ2) is 5.87. The zero-order chi connectivity index (χ0) is 15.4. The van der Waals surface area contributed by atoms with Gasteiger partial charge < -0.3 is 20.5 Å². The summed E-state index contributed by atoms with van der Waals surface area (Å²) in [6.07, 6.45) is 0. The van der Waals surface area contributed by atoms with Gasteiger partial charge in [-0.05, 0) is 28.7 Å². The summed E-state index contributed by atoms with van der Waals surface area (Å²) in [5.41, 5.74) is 0.803. The number of benzene rings is 1. The molecular formula is C13H11N3O5. The molecule has 0 radical (unpaired) electrons. The number of aromatic carboxylic acids is 1. The number of carbonyl (C=O) groups is 2. The van der Waals surface area contributed by atoms with Gasteiger partial charge in [-0.1, -0.05) is 12.1 Å². The van der Waals surface area contributed by atoms with E-state index in [1.807, 2.05) is 0 Å². The Morgan fingerprint density at radius 3 is 2.67 bits per heavy atom. The van der Waals surface area contributed by atoms with Crippen molar-refractivity contribution in [3.63, 3.8) is 0 Å². The van der Waals surface area contributed by atoms with Crippen molar-refractivity contribution in [2.24, 2.45) is 0 Å². The van der Waals surface area contributed by atoms with Gasteiger partial charge in [-0.2, -0.15) is 0 Å². The lowest BCUT2D eigenvalue weighted by Crippen LogP contribution is -2.23. The molecule has 0 saturated heterocycles. The zero-order valence-electron chi connectivity index (χ0n) is 10.7. The number of H-pyrrole nitrogens is 1. The number of hydrogen-bond donors (Lipinski definition) is 3. The predicted octanol–water partition coefficient (Wildman–Crippen LogP) is 1.55. The van der Waals surface area contributed by atoms with Gasteiger partial charge in [0.1, 0.15) is 0 Å². The SMILES string of the molecule is O=C(O)c1cccc(CNC(=O)c2ccc([N+](=O)[O-])[nH]2)c1. The summed E-state index contributed by atoms with van der Waals surface area (Å²) in [5.74, 6) is -1.83. The number of carboxylic acids is 1. The maximum atomic E-state index is 11.8. The van der Waals surface area contributed by atoms with E-state index >= 15 is 0 Å². The Labute approximate surface area is 118 Å². The molecular weight excluding hydrogens is 278 g/mol. The number of aromatic nitrogens is 1. The Morgan fingerprint density at radius 2 is 2.05 bits per heavy atom. The molecule has 108 valence electrons. The van der Waals surface area contributed by atoms with E-state index in [1.54, 1.807) is 12.1 Å². The maximum Gasteiger partial charge on any atom is 0.335 e. The molecule has 0 unspecified atom stereocenters. The van der Waals surface area contributed by atoms with Crippen molar-refractivity contribution < 1.29 is 19.6 Å². The minimum atomic E-state index is -1.05. The number of amides is 1. The van der Waals surface area contributed by atoms with E-state index in [-0.39, 0.29) is 23.6 Å². The lowest BCUT2D eigenvalue weighted by Gasteiger charge is -2.04. The summed E-state index contributed by atoms with van der Waals surface area (Å²) < 4.78 is 0. The lowest BCUT2D eigenvalue weighted by atomic mass is 10.1. The highest BCUT2D eigenvalue weighted by Crippen LogP contribution is 2.10. The molecule has 8 heteroatoms. The highest BCUT2D eigenvalue weighted by molar-refractivity contribution is 5.93. The standard InChI is InChI=1S/C13H11N3O5/c17-12(10-4-5-11(15-10)16(20)21)14-7-8-2-1-3-9(6-8)13(18)19/h1-6,15H,7H2,(H,14,17)(H,18,19). The van der Waals surface area contributed by atoms with Crippen molar-refractivity contribution in [2.45, 2.75) is 6.54 Å². The monoisotopic (exact) mass is 289 g/mol. The number of nitrogens with zero attached hydrogens (tertiary/aromatic N) is 1. The molecule has 1 aromatic heterocycles. The Kier molecular flexibility index (Phi) is 3.98. The van der Waals surface area contributed by atoms with Gasteiger partial charge in [-0.25, -0.2) is 9.78 Å². The topological polar surface area (TPSA) is 125 Å². The first-order valence-corrected chi connectivity index (χ1v) is 5.91. The van der Waals surface area contributed by atoms with E-state index in [4.69, 9.17) is 5.11 Å². The number of hydrogen-bond acceptors (Lipinski definition) is 4. The predicted molar refractivity (Wildman–Crippen MR) is 72.0 cm³/mol. The summed E-state index contributed by atoms with van der Waals surface area (Å²) >= 11 is 0. The Morgan fingerprint density at radius 1 is 1.29 bits per heavy atom. The Bertz CT molecular complexity index is 707. The Balaban J connectivity index is 2.02. The molecule has 0 saturated carbocycles. The fraction of sp³-hybridized carbons (Fsp3) is 0.0769. The molecule has 0 aliphatic carbocycles. The number of nitro groups is 1. The highest BCUT2D eigenvalue weighted by Gasteiger charge is 2.15. The van der Waals surface area contributed by atoms with Gasteiger partial charge in [0.05, 0.1) is 5.56 Å². The fourth-order valence-electron chi connectivity index (χ4n) is 1.71. The molecule has 8 nitrogen and oxygen atoms in total. The van der Waals surface area contributed by atoms with Crippen LogP contribution in [-0.4, -0.2) is 26.9 Å². The van der Waals surface area contributed by atoms with E-state index in [1.165, 1.54) is 24.3 Å². The van der Waals surface area contributed by atoms with Crippen LogP contribution in [0.4, 0.5) is 5.82 Å². The summed E-state index contributed by atoms with van der Waals surface area (Å²) in [6.45, 7) is 0.118. The first-order valence-electron chi connectivity index (χ1n) is 5.91. The number of rotatable bonds is 5. The average molecular weight is 289 g/mol. The van der Waals surface area contributed by atoms with Crippen LogP contribution in [0.2, 0.25) is 0 Å². The second-order valence-corrected chi connectivity index (χ2v) is 4.20. The van der Waals surface area contributed by atoms with Gasteiger partial charge in [0, 0.05) is 12.6 Å². The summed E-state index contributed by atoms with van der Waals surface area (Å²) in [6, 6.07) is 8.64.